The normalized spacial score (nSPS) is 11.1. The summed E-state index contributed by atoms with van der Waals surface area (Å²) in [4.78, 5) is 29.4. The van der Waals surface area contributed by atoms with Crippen molar-refractivity contribution in [1.29, 1.82) is 0 Å². The van der Waals surface area contributed by atoms with E-state index in [0.29, 0.717) is 27.0 Å². The highest BCUT2D eigenvalue weighted by Gasteiger charge is 2.18. The topological polar surface area (TPSA) is 76.9 Å². The predicted molar refractivity (Wildman–Crippen MR) is 107 cm³/mol. The number of benzene rings is 2. The second-order valence-corrected chi connectivity index (χ2v) is 7.60. The molecule has 0 saturated carbocycles. The molecule has 0 bridgehead atoms. The number of aromatic nitrogens is 3. The molecule has 0 saturated heterocycles. The number of rotatable bonds is 4. The standard InChI is InChI=1S/C20H13F3N4O2S/c1-10-24-18-19(30-10)17(11-2-4-12(21)5-3-11)26-27(20(18)29)9-16(28)25-15-7-6-13(22)8-14(15)23/h2-8H,9H2,1H3,(H,25,28). The molecule has 4 rings (SSSR count). The van der Waals surface area contributed by atoms with Gasteiger partial charge in [0.25, 0.3) is 5.56 Å². The van der Waals surface area contributed by atoms with Crippen molar-refractivity contribution < 1.29 is 18.0 Å². The van der Waals surface area contributed by atoms with Crippen LogP contribution in [0.25, 0.3) is 21.5 Å². The Balaban J connectivity index is 1.73. The number of thiazole rings is 1. The zero-order valence-electron chi connectivity index (χ0n) is 15.4. The summed E-state index contributed by atoms with van der Waals surface area (Å²) in [5, 5.41) is 7.18. The third-order valence-corrected chi connectivity index (χ3v) is 5.20. The molecule has 1 N–H and O–H groups in total. The average molecular weight is 430 g/mol. The zero-order chi connectivity index (χ0) is 21.4. The van der Waals surface area contributed by atoms with Gasteiger partial charge in [0.15, 0.2) is 5.52 Å². The van der Waals surface area contributed by atoms with Crippen LogP contribution in [-0.2, 0) is 11.3 Å². The van der Waals surface area contributed by atoms with E-state index in [1.54, 1.807) is 6.92 Å². The molecule has 6 nitrogen and oxygen atoms in total. The summed E-state index contributed by atoms with van der Waals surface area (Å²) in [6.45, 7) is 1.21. The van der Waals surface area contributed by atoms with E-state index in [1.165, 1.54) is 35.6 Å². The van der Waals surface area contributed by atoms with Crippen molar-refractivity contribution in [2.45, 2.75) is 13.5 Å². The summed E-state index contributed by atoms with van der Waals surface area (Å²) in [5.74, 6) is -2.88. The van der Waals surface area contributed by atoms with Gasteiger partial charge in [-0.05, 0) is 43.3 Å². The molecule has 0 atom stereocenters. The van der Waals surface area contributed by atoms with Crippen molar-refractivity contribution in [2.24, 2.45) is 0 Å². The first-order valence-corrected chi connectivity index (χ1v) is 9.52. The van der Waals surface area contributed by atoms with Crippen LogP contribution in [0.2, 0.25) is 0 Å². The minimum Gasteiger partial charge on any atom is -0.322 e. The molecule has 0 spiro atoms. The molecule has 30 heavy (non-hydrogen) atoms. The Hall–Kier alpha value is -3.53. The molecule has 0 radical (unpaired) electrons. The Morgan fingerprint density at radius 3 is 2.50 bits per heavy atom. The molecule has 0 unspecified atom stereocenters. The van der Waals surface area contributed by atoms with Crippen molar-refractivity contribution >= 4 is 33.1 Å². The van der Waals surface area contributed by atoms with Crippen LogP contribution in [0, 0.1) is 24.4 Å². The highest BCUT2D eigenvalue weighted by Crippen LogP contribution is 2.29. The van der Waals surface area contributed by atoms with Gasteiger partial charge in [-0.15, -0.1) is 11.3 Å². The van der Waals surface area contributed by atoms with E-state index < -0.39 is 35.5 Å². The van der Waals surface area contributed by atoms with Gasteiger partial charge in [-0.3, -0.25) is 9.59 Å². The molecule has 0 aliphatic carbocycles. The Morgan fingerprint density at radius 2 is 1.80 bits per heavy atom. The quantitative estimate of drug-likeness (QED) is 0.533. The first-order chi connectivity index (χ1) is 14.3. The van der Waals surface area contributed by atoms with E-state index in [9.17, 15) is 22.8 Å². The lowest BCUT2D eigenvalue weighted by molar-refractivity contribution is -0.117. The fourth-order valence-electron chi connectivity index (χ4n) is 2.89. The van der Waals surface area contributed by atoms with Crippen LogP contribution in [0.1, 0.15) is 5.01 Å². The van der Waals surface area contributed by atoms with Gasteiger partial charge in [0.2, 0.25) is 5.91 Å². The molecular weight excluding hydrogens is 417 g/mol. The summed E-state index contributed by atoms with van der Waals surface area (Å²) in [5.41, 5.74) is 0.237. The molecule has 152 valence electrons. The van der Waals surface area contributed by atoms with E-state index in [2.05, 4.69) is 15.4 Å². The fourth-order valence-corrected chi connectivity index (χ4v) is 3.80. The van der Waals surface area contributed by atoms with Crippen LogP contribution in [0.5, 0.6) is 0 Å². The molecule has 2 aromatic heterocycles. The summed E-state index contributed by atoms with van der Waals surface area (Å²) < 4.78 is 41.5. The minimum atomic E-state index is -0.943. The van der Waals surface area contributed by atoms with E-state index in [-0.39, 0.29) is 11.2 Å². The number of anilines is 1. The van der Waals surface area contributed by atoms with Crippen LogP contribution >= 0.6 is 11.3 Å². The van der Waals surface area contributed by atoms with Gasteiger partial charge in [-0.1, -0.05) is 0 Å². The number of nitrogens with one attached hydrogen (secondary N) is 1. The van der Waals surface area contributed by atoms with Gasteiger partial charge in [-0.25, -0.2) is 22.8 Å². The van der Waals surface area contributed by atoms with Gasteiger partial charge in [0.1, 0.15) is 29.7 Å². The number of hydrogen-bond acceptors (Lipinski definition) is 5. The molecule has 0 aliphatic rings. The SMILES string of the molecule is Cc1nc2c(=O)n(CC(=O)Nc3ccc(F)cc3F)nc(-c3ccc(F)cc3)c2s1. The Labute approximate surface area is 171 Å². The van der Waals surface area contributed by atoms with Crippen molar-refractivity contribution in [2.75, 3.05) is 5.32 Å². The first-order valence-electron chi connectivity index (χ1n) is 8.71. The van der Waals surface area contributed by atoms with Crippen molar-refractivity contribution in [3.63, 3.8) is 0 Å². The maximum absolute atomic E-state index is 13.8. The van der Waals surface area contributed by atoms with Crippen LogP contribution in [0.3, 0.4) is 0 Å². The zero-order valence-corrected chi connectivity index (χ0v) is 16.3. The molecule has 0 aliphatic heterocycles. The summed E-state index contributed by atoms with van der Waals surface area (Å²) >= 11 is 1.26. The summed E-state index contributed by atoms with van der Waals surface area (Å²) in [6, 6.07) is 8.25. The van der Waals surface area contributed by atoms with E-state index in [0.717, 1.165) is 16.8 Å². The highest BCUT2D eigenvalue weighted by molar-refractivity contribution is 7.19. The van der Waals surface area contributed by atoms with Gasteiger partial charge >= 0.3 is 0 Å². The summed E-state index contributed by atoms with van der Waals surface area (Å²) in [6.07, 6.45) is 0. The molecule has 10 heteroatoms. The molecule has 1 amide bonds. The number of nitrogens with zero attached hydrogens (tertiary/aromatic N) is 3. The minimum absolute atomic E-state index is 0.132. The number of hydrogen-bond donors (Lipinski definition) is 1. The van der Waals surface area contributed by atoms with E-state index in [4.69, 9.17) is 0 Å². The number of halogens is 3. The smallest absolute Gasteiger partial charge is 0.294 e. The second kappa shape index (κ2) is 7.71. The number of amides is 1. The van der Waals surface area contributed by atoms with E-state index >= 15 is 0 Å². The number of carbonyl (C=O) groups is 1. The van der Waals surface area contributed by atoms with E-state index in [1.807, 2.05) is 0 Å². The van der Waals surface area contributed by atoms with Gasteiger partial charge in [-0.2, -0.15) is 5.10 Å². The van der Waals surface area contributed by atoms with Crippen LogP contribution in [0.15, 0.2) is 47.3 Å². The predicted octanol–water partition coefficient (Wildman–Crippen LogP) is 3.88. The lowest BCUT2D eigenvalue weighted by atomic mass is 10.1. The Morgan fingerprint density at radius 1 is 1.10 bits per heavy atom. The van der Waals surface area contributed by atoms with Crippen LogP contribution < -0.4 is 10.9 Å². The Kier molecular flexibility index (Phi) is 5.08. The molecule has 4 aromatic rings. The number of carbonyl (C=O) groups excluding carboxylic acids is 1. The maximum atomic E-state index is 13.8. The van der Waals surface area contributed by atoms with Gasteiger partial charge < -0.3 is 5.32 Å². The largest absolute Gasteiger partial charge is 0.322 e. The molecular formula is C20H13F3N4O2S. The van der Waals surface area contributed by atoms with Crippen LogP contribution in [-0.4, -0.2) is 20.7 Å². The van der Waals surface area contributed by atoms with Crippen molar-refractivity contribution in [3.05, 3.63) is 75.3 Å². The number of aryl methyl sites for hydroxylation is 1. The van der Waals surface area contributed by atoms with Gasteiger partial charge in [0.05, 0.1) is 15.4 Å². The fraction of sp³-hybridized carbons (Fsp3) is 0.100. The number of fused-ring (bicyclic) bond motifs is 1. The Bertz CT molecular complexity index is 1330. The lowest BCUT2D eigenvalue weighted by Crippen LogP contribution is -2.30. The second-order valence-electron chi connectivity index (χ2n) is 6.40. The maximum Gasteiger partial charge on any atom is 0.294 e. The first kappa shape index (κ1) is 19.8. The van der Waals surface area contributed by atoms with Crippen molar-refractivity contribution in [3.8, 4) is 11.3 Å². The third kappa shape index (κ3) is 3.81. The molecule has 2 aromatic carbocycles. The van der Waals surface area contributed by atoms with Crippen LogP contribution in [0.4, 0.5) is 18.9 Å². The molecule has 0 fully saturated rings. The van der Waals surface area contributed by atoms with Crippen molar-refractivity contribution in [1.82, 2.24) is 14.8 Å². The summed E-state index contributed by atoms with van der Waals surface area (Å²) in [7, 11) is 0. The third-order valence-electron chi connectivity index (χ3n) is 4.22. The lowest BCUT2D eigenvalue weighted by Gasteiger charge is -2.10. The molecule has 2 heterocycles. The highest BCUT2D eigenvalue weighted by atomic mass is 32.1. The van der Waals surface area contributed by atoms with Gasteiger partial charge in [0, 0.05) is 11.6 Å². The monoisotopic (exact) mass is 430 g/mol. The average Bonchev–Trinajstić information content (AvgIpc) is 3.09.